The number of ether oxygens (including phenoxy) is 1. The summed E-state index contributed by atoms with van der Waals surface area (Å²) in [6.45, 7) is 7.17. The molecule has 0 saturated carbocycles. The van der Waals surface area contributed by atoms with E-state index in [1.807, 2.05) is 9.80 Å². The second-order valence-corrected chi connectivity index (χ2v) is 5.90. The van der Waals surface area contributed by atoms with Gasteiger partial charge in [-0.05, 0) is 26.7 Å². The van der Waals surface area contributed by atoms with Crippen LogP contribution in [0.1, 0.15) is 37.9 Å². The van der Waals surface area contributed by atoms with Gasteiger partial charge in [-0.15, -0.1) is 0 Å². The first-order chi connectivity index (χ1) is 11.6. The summed E-state index contributed by atoms with van der Waals surface area (Å²) in [7, 11) is 0. The number of esters is 1. The fraction of sp³-hybridized carbons (Fsp3) is 0.750. The van der Waals surface area contributed by atoms with Crippen LogP contribution < -0.4 is 0 Å². The zero-order valence-corrected chi connectivity index (χ0v) is 14.5. The molecular formula is C16H26N4O4. The predicted molar refractivity (Wildman–Crippen MR) is 86.2 cm³/mol. The number of nitrogens with zero attached hydrogens (tertiary/aromatic N) is 4. The van der Waals surface area contributed by atoms with Gasteiger partial charge in [0.15, 0.2) is 5.82 Å². The van der Waals surface area contributed by atoms with Crippen molar-refractivity contribution in [3.8, 4) is 0 Å². The van der Waals surface area contributed by atoms with Gasteiger partial charge in [-0.25, -0.2) is 0 Å². The van der Waals surface area contributed by atoms with Crippen LogP contribution in [0.5, 0.6) is 0 Å². The number of hydrogen-bond acceptors (Lipinski definition) is 7. The van der Waals surface area contributed by atoms with E-state index < -0.39 is 0 Å². The van der Waals surface area contributed by atoms with Crippen LogP contribution >= 0.6 is 0 Å². The molecule has 0 radical (unpaired) electrons. The van der Waals surface area contributed by atoms with E-state index in [2.05, 4.69) is 10.1 Å². The molecule has 134 valence electrons. The van der Waals surface area contributed by atoms with Crippen LogP contribution in [-0.4, -0.2) is 71.1 Å². The van der Waals surface area contributed by atoms with Crippen molar-refractivity contribution in [2.75, 3.05) is 39.3 Å². The first-order valence-electron chi connectivity index (χ1n) is 8.53. The maximum absolute atomic E-state index is 12.3. The van der Waals surface area contributed by atoms with Gasteiger partial charge in [0.1, 0.15) is 0 Å². The molecule has 0 bridgehead atoms. The fourth-order valence-corrected chi connectivity index (χ4v) is 2.76. The first kappa shape index (κ1) is 18.4. The molecule has 24 heavy (non-hydrogen) atoms. The van der Waals surface area contributed by atoms with Crippen LogP contribution in [0.4, 0.5) is 0 Å². The van der Waals surface area contributed by atoms with E-state index in [-0.39, 0.29) is 11.9 Å². The van der Waals surface area contributed by atoms with E-state index in [4.69, 9.17) is 9.26 Å². The summed E-state index contributed by atoms with van der Waals surface area (Å²) in [5.74, 6) is 1.14. The molecule has 2 rings (SSSR count). The Bertz CT molecular complexity index is 546. The fourth-order valence-electron chi connectivity index (χ4n) is 2.76. The Labute approximate surface area is 142 Å². The van der Waals surface area contributed by atoms with Gasteiger partial charge in [-0.3, -0.25) is 14.5 Å². The van der Waals surface area contributed by atoms with Crippen molar-refractivity contribution in [3.05, 3.63) is 11.7 Å². The third-order valence-electron chi connectivity index (χ3n) is 3.95. The predicted octanol–water partition coefficient (Wildman–Crippen LogP) is 0.798. The van der Waals surface area contributed by atoms with Crippen LogP contribution in [-0.2, 0) is 20.7 Å². The van der Waals surface area contributed by atoms with E-state index in [1.54, 1.807) is 13.8 Å². The molecule has 0 aliphatic carbocycles. The minimum absolute atomic E-state index is 0.143. The minimum atomic E-state index is -0.202. The van der Waals surface area contributed by atoms with E-state index in [0.29, 0.717) is 57.2 Å². The number of aryl methyl sites for hydroxylation is 2. The number of carbonyl (C=O) groups is 2. The highest BCUT2D eigenvalue weighted by Crippen LogP contribution is 2.08. The number of hydrogen-bond donors (Lipinski definition) is 0. The normalized spacial score (nSPS) is 16.0. The molecule has 8 heteroatoms. The second kappa shape index (κ2) is 9.36. The van der Waals surface area contributed by atoms with E-state index in [1.165, 1.54) is 0 Å². The van der Waals surface area contributed by atoms with Gasteiger partial charge >= 0.3 is 5.97 Å². The lowest BCUT2D eigenvalue weighted by molar-refractivity contribution is -0.144. The Morgan fingerprint density at radius 1 is 1.25 bits per heavy atom. The highest BCUT2D eigenvalue weighted by Gasteiger charge is 2.20. The highest BCUT2D eigenvalue weighted by atomic mass is 16.5. The molecule has 2 heterocycles. The summed E-state index contributed by atoms with van der Waals surface area (Å²) in [6.07, 6.45) is 2.66. The van der Waals surface area contributed by atoms with Crippen LogP contribution in [0, 0.1) is 6.92 Å². The molecule has 0 N–H and O–H groups in total. The molecule has 1 aromatic rings. The summed E-state index contributed by atoms with van der Waals surface area (Å²) in [5, 5.41) is 3.74. The zero-order chi connectivity index (χ0) is 17.4. The molecular weight excluding hydrogens is 312 g/mol. The van der Waals surface area contributed by atoms with Gasteiger partial charge in [0.25, 0.3) is 0 Å². The lowest BCUT2D eigenvalue weighted by Crippen LogP contribution is -2.37. The molecule has 0 unspecified atom stereocenters. The average Bonchev–Trinajstić information content (AvgIpc) is 2.81. The second-order valence-electron chi connectivity index (χ2n) is 5.90. The summed E-state index contributed by atoms with van der Waals surface area (Å²) in [6, 6.07) is 0. The summed E-state index contributed by atoms with van der Waals surface area (Å²) in [4.78, 5) is 31.9. The van der Waals surface area contributed by atoms with Crippen molar-refractivity contribution in [2.45, 2.75) is 39.5 Å². The molecule has 1 aromatic heterocycles. The van der Waals surface area contributed by atoms with E-state index in [9.17, 15) is 9.59 Å². The first-order valence-corrected chi connectivity index (χ1v) is 8.53. The van der Waals surface area contributed by atoms with Crippen molar-refractivity contribution in [1.82, 2.24) is 19.9 Å². The smallest absolute Gasteiger partial charge is 0.320 e. The van der Waals surface area contributed by atoms with Gasteiger partial charge in [0.2, 0.25) is 11.8 Å². The topological polar surface area (TPSA) is 88.8 Å². The third kappa shape index (κ3) is 5.92. The number of aromatic nitrogens is 2. The van der Waals surface area contributed by atoms with Crippen molar-refractivity contribution >= 4 is 11.9 Å². The van der Waals surface area contributed by atoms with Crippen LogP contribution in [0.2, 0.25) is 0 Å². The summed E-state index contributed by atoms with van der Waals surface area (Å²) >= 11 is 0. The Hall–Kier alpha value is -1.96. The average molecular weight is 338 g/mol. The molecule has 0 atom stereocenters. The van der Waals surface area contributed by atoms with Gasteiger partial charge in [0.05, 0.1) is 13.2 Å². The maximum Gasteiger partial charge on any atom is 0.320 e. The molecule has 1 amide bonds. The van der Waals surface area contributed by atoms with Gasteiger partial charge < -0.3 is 14.2 Å². The number of rotatable bonds is 7. The van der Waals surface area contributed by atoms with E-state index in [0.717, 1.165) is 19.5 Å². The molecule has 1 aliphatic rings. The minimum Gasteiger partial charge on any atom is -0.465 e. The van der Waals surface area contributed by atoms with Crippen LogP contribution in [0.3, 0.4) is 0 Å². The van der Waals surface area contributed by atoms with Crippen molar-refractivity contribution in [2.24, 2.45) is 0 Å². The number of carbonyl (C=O) groups excluding carboxylic acids is 2. The lowest BCUT2D eigenvalue weighted by Gasteiger charge is -2.21. The quantitative estimate of drug-likeness (QED) is 0.679. The Kier molecular flexibility index (Phi) is 7.17. The standard InChI is InChI=1S/C16H26N4O4/c1-3-23-16(22)12-19-8-5-9-20(11-10-19)15(21)7-4-6-14-17-13(2)18-24-14/h3-12H2,1-2H3. The summed E-state index contributed by atoms with van der Waals surface area (Å²) in [5.41, 5.74) is 0. The van der Waals surface area contributed by atoms with Crippen molar-refractivity contribution in [1.29, 1.82) is 0 Å². The Balaban J connectivity index is 1.70. The Morgan fingerprint density at radius 2 is 2.08 bits per heavy atom. The van der Waals surface area contributed by atoms with Crippen molar-refractivity contribution < 1.29 is 18.8 Å². The maximum atomic E-state index is 12.3. The molecule has 1 saturated heterocycles. The highest BCUT2D eigenvalue weighted by molar-refractivity contribution is 5.76. The molecule has 1 fully saturated rings. The largest absolute Gasteiger partial charge is 0.465 e. The van der Waals surface area contributed by atoms with E-state index >= 15 is 0 Å². The molecule has 8 nitrogen and oxygen atoms in total. The van der Waals surface area contributed by atoms with Crippen LogP contribution in [0.15, 0.2) is 4.52 Å². The third-order valence-corrected chi connectivity index (χ3v) is 3.95. The van der Waals surface area contributed by atoms with Gasteiger partial charge in [0, 0.05) is 39.0 Å². The van der Waals surface area contributed by atoms with Gasteiger partial charge in [-0.1, -0.05) is 5.16 Å². The number of amides is 1. The molecule has 0 spiro atoms. The summed E-state index contributed by atoms with van der Waals surface area (Å²) < 4.78 is 10.0. The molecule has 0 aromatic carbocycles. The molecule has 1 aliphatic heterocycles. The van der Waals surface area contributed by atoms with Crippen LogP contribution in [0.25, 0.3) is 0 Å². The SMILES string of the molecule is CCOC(=O)CN1CCCN(C(=O)CCCc2nc(C)no2)CC1. The van der Waals surface area contributed by atoms with Crippen molar-refractivity contribution in [3.63, 3.8) is 0 Å². The zero-order valence-electron chi connectivity index (χ0n) is 14.5. The Morgan fingerprint density at radius 3 is 2.79 bits per heavy atom. The lowest BCUT2D eigenvalue weighted by atomic mass is 10.2. The monoisotopic (exact) mass is 338 g/mol. The van der Waals surface area contributed by atoms with Gasteiger partial charge in [-0.2, -0.15) is 4.98 Å².